The lowest BCUT2D eigenvalue weighted by Gasteiger charge is -2.34. The molecule has 2 nitrogen and oxygen atoms in total. The Labute approximate surface area is 139 Å². The predicted octanol–water partition coefficient (Wildman–Crippen LogP) is 3.01. The fourth-order valence-corrected chi connectivity index (χ4v) is 3.36. The van der Waals surface area contributed by atoms with Crippen molar-refractivity contribution in [3.8, 4) is 0 Å². The molecule has 0 unspecified atom stereocenters. The molecule has 0 aromatic heterocycles. The van der Waals surface area contributed by atoms with Crippen LogP contribution in [0.3, 0.4) is 0 Å². The van der Waals surface area contributed by atoms with E-state index in [0.29, 0.717) is 0 Å². The molecular weight excluding hydrogens is 348 g/mol. The maximum atomic E-state index is 6.29. The maximum absolute atomic E-state index is 6.29. The third-order valence-corrected chi connectivity index (χ3v) is 4.88. The van der Waals surface area contributed by atoms with Crippen LogP contribution in [0.15, 0.2) is 53.0 Å². The average molecular weight is 367 g/mol. The summed E-state index contributed by atoms with van der Waals surface area (Å²) >= 11 is 9.77. The molecule has 21 heavy (non-hydrogen) atoms. The van der Waals surface area contributed by atoms with Crippen LogP contribution < -0.4 is 9.80 Å². The third-order valence-electron chi connectivity index (χ3n) is 4.03. The Morgan fingerprint density at radius 3 is 2.33 bits per heavy atom. The van der Waals surface area contributed by atoms with Crippen molar-refractivity contribution in [2.24, 2.45) is 0 Å². The number of nitrogens with one attached hydrogen (secondary N) is 1. The van der Waals surface area contributed by atoms with Crippen LogP contribution in [0.5, 0.6) is 0 Å². The van der Waals surface area contributed by atoms with Gasteiger partial charge in [0.05, 0.1) is 36.9 Å². The van der Waals surface area contributed by atoms with Gasteiger partial charge in [-0.15, -0.1) is 0 Å². The van der Waals surface area contributed by atoms with Gasteiger partial charge in [0.1, 0.15) is 6.54 Å². The van der Waals surface area contributed by atoms with E-state index < -0.39 is 0 Å². The van der Waals surface area contributed by atoms with Gasteiger partial charge >= 0.3 is 0 Å². The van der Waals surface area contributed by atoms with Gasteiger partial charge in [0, 0.05) is 10.0 Å². The Bertz CT molecular complexity index is 592. The van der Waals surface area contributed by atoms with E-state index in [9.17, 15) is 0 Å². The Kier molecular flexibility index (Phi) is 4.84. The van der Waals surface area contributed by atoms with Crippen molar-refractivity contribution in [3.05, 3.63) is 63.6 Å². The molecule has 0 aliphatic carbocycles. The van der Waals surface area contributed by atoms with E-state index in [1.807, 2.05) is 12.1 Å². The highest BCUT2D eigenvalue weighted by Crippen LogP contribution is 2.24. The SMILES string of the molecule is Clc1ccccc1N1CC[NH+](Cc2ccc(Br)cc2)CC1. The number of hydrogen-bond acceptors (Lipinski definition) is 1. The van der Waals surface area contributed by atoms with E-state index in [1.165, 1.54) is 11.3 Å². The summed E-state index contributed by atoms with van der Waals surface area (Å²) < 4.78 is 1.14. The van der Waals surface area contributed by atoms with Crippen molar-refractivity contribution in [3.63, 3.8) is 0 Å². The zero-order chi connectivity index (χ0) is 14.7. The third kappa shape index (κ3) is 3.79. The predicted molar refractivity (Wildman–Crippen MR) is 92.2 cm³/mol. The first-order chi connectivity index (χ1) is 10.2. The monoisotopic (exact) mass is 365 g/mol. The first-order valence-electron chi connectivity index (χ1n) is 7.30. The highest BCUT2D eigenvalue weighted by Gasteiger charge is 2.21. The number of rotatable bonds is 3. The van der Waals surface area contributed by atoms with Gasteiger partial charge in [-0.25, -0.2) is 0 Å². The quantitative estimate of drug-likeness (QED) is 0.877. The molecule has 2 aromatic carbocycles. The molecule has 2 aromatic rings. The van der Waals surface area contributed by atoms with E-state index in [-0.39, 0.29) is 0 Å². The minimum atomic E-state index is 0.855. The van der Waals surface area contributed by atoms with Gasteiger partial charge in [-0.3, -0.25) is 0 Å². The van der Waals surface area contributed by atoms with Crippen LogP contribution in [0, 0.1) is 0 Å². The second kappa shape index (κ2) is 6.82. The Morgan fingerprint density at radius 1 is 1.00 bits per heavy atom. The van der Waals surface area contributed by atoms with Crippen molar-refractivity contribution in [2.45, 2.75) is 6.54 Å². The summed E-state index contributed by atoms with van der Waals surface area (Å²) in [6, 6.07) is 16.8. The molecule has 0 atom stereocenters. The van der Waals surface area contributed by atoms with E-state index in [1.54, 1.807) is 4.90 Å². The summed E-state index contributed by atoms with van der Waals surface area (Å²) in [5, 5.41) is 0.855. The topological polar surface area (TPSA) is 7.68 Å². The van der Waals surface area contributed by atoms with Crippen LogP contribution in [-0.2, 0) is 6.54 Å². The van der Waals surface area contributed by atoms with E-state index in [4.69, 9.17) is 11.6 Å². The van der Waals surface area contributed by atoms with E-state index in [0.717, 1.165) is 42.2 Å². The number of benzene rings is 2. The molecule has 0 spiro atoms. The van der Waals surface area contributed by atoms with Gasteiger partial charge in [-0.1, -0.05) is 51.8 Å². The molecule has 1 fully saturated rings. The van der Waals surface area contributed by atoms with Gasteiger partial charge in [-0.05, 0) is 24.3 Å². The Hall–Kier alpha value is -1.03. The van der Waals surface area contributed by atoms with E-state index in [2.05, 4.69) is 57.2 Å². The summed E-state index contributed by atoms with van der Waals surface area (Å²) in [7, 11) is 0. The second-order valence-electron chi connectivity index (χ2n) is 5.49. The fraction of sp³-hybridized carbons (Fsp3) is 0.294. The Balaban J connectivity index is 1.58. The minimum Gasteiger partial charge on any atom is -0.359 e. The highest BCUT2D eigenvalue weighted by atomic mass is 79.9. The van der Waals surface area contributed by atoms with Crippen molar-refractivity contribution >= 4 is 33.2 Å². The first kappa shape index (κ1) is 14.9. The number of piperazine rings is 1. The number of anilines is 1. The largest absolute Gasteiger partial charge is 0.359 e. The summed E-state index contributed by atoms with van der Waals surface area (Å²) in [4.78, 5) is 4.04. The minimum absolute atomic E-state index is 0.855. The van der Waals surface area contributed by atoms with Crippen molar-refractivity contribution < 1.29 is 4.90 Å². The summed E-state index contributed by atoms with van der Waals surface area (Å²) in [5.74, 6) is 0. The van der Waals surface area contributed by atoms with Crippen LogP contribution in [0.1, 0.15) is 5.56 Å². The molecule has 1 heterocycles. The fourth-order valence-electron chi connectivity index (χ4n) is 2.84. The van der Waals surface area contributed by atoms with Gasteiger partial charge in [0.25, 0.3) is 0 Å². The second-order valence-corrected chi connectivity index (χ2v) is 6.81. The lowest BCUT2D eigenvalue weighted by atomic mass is 10.2. The number of nitrogens with zero attached hydrogens (tertiary/aromatic N) is 1. The molecule has 1 saturated heterocycles. The number of para-hydroxylation sites is 1. The summed E-state index contributed by atoms with van der Waals surface area (Å²) in [5.41, 5.74) is 2.57. The highest BCUT2D eigenvalue weighted by molar-refractivity contribution is 9.10. The average Bonchev–Trinajstić information content (AvgIpc) is 2.51. The first-order valence-corrected chi connectivity index (χ1v) is 8.47. The van der Waals surface area contributed by atoms with Crippen LogP contribution >= 0.6 is 27.5 Å². The molecular formula is C17H19BrClN2+. The smallest absolute Gasteiger partial charge is 0.103 e. The van der Waals surface area contributed by atoms with Crippen LogP contribution in [0.2, 0.25) is 5.02 Å². The molecule has 0 bridgehead atoms. The van der Waals surface area contributed by atoms with Crippen LogP contribution in [-0.4, -0.2) is 26.2 Å². The van der Waals surface area contributed by atoms with Crippen LogP contribution in [0.25, 0.3) is 0 Å². The molecule has 0 radical (unpaired) electrons. The number of quaternary nitrogens is 1. The van der Waals surface area contributed by atoms with Crippen LogP contribution in [0.4, 0.5) is 5.69 Å². The van der Waals surface area contributed by atoms with Crippen molar-refractivity contribution in [1.29, 1.82) is 0 Å². The standard InChI is InChI=1S/C17H18BrClN2/c18-15-7-5-14(6-8-15)13-20-9-11-21(12-10-20)17-4-2-1-3-16(17)19/h1-8H,9-13H2/p+1. The number of halogens is 2. The molecule has 0 saturated carbocycles. The molecule has 110 valence electrons. The molecule has 1 N–H and O–H groups in total. The lowest BCUT2D eigenvalue weighted by Crippen LogP contribution is -3.13. The zero-order valence-corrected chi connectivity index (χ0v) is 14.2. The number of hydrogen-bond donors (Lipinski definition) is 1. The summed E-state index contributed by atoms with van der Waals surface area (Å²) in [6.07, 6.45) is 0. The van der Waals surface area contributed by atoms with E-state index >= 15 is 0 Å². The van der Waals surface area contributed by atoms with Gasteiger partial charge in [0.2, 0.25) is 0 Å². The molecule has 3 rings (SSSR count). The summed E-state index contributed by atoms with van der Waals surface area (Å²) in [6.45, 7) is 5.54. The Morgan fingerprint density at radius 2 is 1.67 bits per heavy atom. The maximum Gasteiger partial charge on any atom is 0.103 e. The van der Waals surface area contributed by atoms with Gasteiger partial charge < -0.3 is 9.80 Å². The molecule has 0 amide bonds. The zero-order valence-electron chi connectivity index (χ0n) is 11.9. The van der Waals surface area contributed by atoms with Crippen molar-refractivity contribution in [1.82, 2.24) is 0 Å². The lowest BCUT2D eigenvalue weighted by molar-refractivity contribution is -0.914. The van der Waals surface area contributed by atoms with Gasteiger partial charge in [-0.2, -0.15) is 0 Å². The van der Waals surface area contributed by atoms with Gasteiger partial charge in [0.15, 0.2) is 0 Å². The molecule has 1 aliphatic rings. The normalized spacial score (nSPS) is 16.2. The molecule has 4 heteroatoms. The molecule has 1 aliphatic heterocycles. The van der Waals surface area contributed by atoms with Crippen molar-refractivity contribution in [2.75, 3.05) is 31.1 Å².